The SMILES string of the molecule is Cc1nc(C(F)(F)F)c(C)c(=O)[nH]1. The van der Waals surface area contributed by atoms with Crippen molar-refractivity contribution in [2.75, 3.05) is 0 Å². The number of aromatic amines is 1. The predicted molar refractivity (Wildman–Crippen MR) is 39.3 cm³/mol. The zero-order chi connectivity index (χ0) is 10.2. The largest absolute Gasteiger partial charge is 0.433 e. The molecule has 0 aliphatic carbocycles. The Hall–Kier alpha value is -1.33. The number of nitrogens with one attached hydrogen (secondary N) is 1. The van der Waals surface area contributed by atoms with E-state index in [4.69, 9.17) is 0 Å². The topological polar surface area (TPSA) is 45.8 Å². The molecule has 72 valence electrons. The molecule has 0 aliphatic rings. The summed E-state index contributed by atoms with van der Waals surface area (Å²) in [6.07, 6.45) is -4.57. The molecule has 0 spiro atoms. The Morgan fingerprint density at radius 2 is 1.85 bits per heavy atom. The van der Waals surface area contributed by atoms with Gasteiger partial charge in [0, 0.05) is 5.56 Å². The number of rotatable bonds is 0. The van der Waals surface area contributed by atoms with Gasteiger partial charge in [0.25, 0.3) is 5.56 Å². The van der Waals surface area contributed by atoms with Crippen LogP contribution in [0.4, 0.5) is 13.2 Å². The lowest BCUT2D eigenvalue weighted by Gasteiger charge is -2.08. The summed E-state index contributed by atoms with van der Waals surface area (Å²) in [7, 11) is 0. The van der Waals surface area contributed by atoms with Crippen molar-refractivity contribution in [3.63, 3.8) is 0 Å². The first kappa shape index (κ1) is 9.76. The van der Waals surface area contributed by atoms with E-state index in [0.29, 0.717) is 0 Å². The highest BCUT2D eigenvalue weighted by atomic mass is 19.4. The molecule has 13 heavy (non-hydrogen) atoms. The average Bonchev–Trinajstić information content (AvgIpc) is 1.94. The zero-order valence-corrected chi connectivity index (χ0v) is 6.99. The van der Waals surface area contributed by atoms with Gasteiger partial charge in [0.15, 0.2) is 5.69 Å². The van der Waals surface area contributed by atoms with Crippen molar-refractivity contribution in [3.8, 4) is 0 Å². The van der Waals surface area contributed by atoms with Crippen LogP contribution in [0, 0.1) is 13.8 Å². The number of aromatic nitrogens is 2. The molecule has 6 heteroatoms. The molecule has 0 atom stereocenters. The number of H-pyrrole nitrogens is 1. The molecule has 1 aromatic heterocycles. The van der Waals surface area contributed by atoms with E-state index in [2.05, 4.69) is 9.97 Å². The molecule has 0 bridgehead atoms. The molecule has 1 rings (SSSR count). The van der Waals surface area contributed by atoms with Crippen LogP contribution in [-0.4, -0.2) is 9.97 Å². The van der Waals surface area contributed by atoms with Crippen LogP contribution in [0.1, 0.15) is 17.1 Å². The second-order valence-electron chi connectivity index (χ2n) is 2.62. The van der Waals surface area contributed by atoms with Crippen LogP contribution in [0.25, 0.3) is 0 Å². The fraction of sp³-hybridized carbons (Fsp3) is 0.429. The van der Waals surface area contributed by atoms with Gasteiger partial charge in [-0.2, -0.15) is 13.2 Å². The van der Waals surface area contributed by atoms with E-state index in [1.165, 1.54) is 6.92 Å². The lowest BCUT2D eigenvalue weighted by molar-refractivity contribution is -0.141. The van der Waals surface area contributed by atoms with E-state index >= 15 is 0 Å². The van der Waals surface area contributed by atoms with Gasteiger partial charge >= 0.3 is 6.18 Å². The van der Waals surface area contributed by atoms with Crippen molar-refractivity contribution in [2.45, 2.75) is 20.0 Å². The Labute approximate surface area is 71.6 Å². The van der Waals surface area contributed by atoms with E-state index in [1.807, 2.05) is 0 Å². The molecule has 0 amide bonds. The van der Waals surface area contributed by atoms with Crippen molar-refractivity contribution >= 4 is 0 Å². The third-order valence-corrected chi connectivity index (χ3v) is 1.54. The fourth-order valence-corrected chi connectivity index (χ4v) is 0.921. The molecule has 0 radical (unpaired) electrons. The van der Waals surface area contributed by atoms with Crippen molar-refractivity contribution in [1.82, 2.24) is 9.97 Å². The van der Waals surface area contributed by atoms with Gasteiger partial charge < -0.3 is 4.98 Å². The van der Waals surface area contributed by atoms with Crippen LogP contribution in [-0.2, 0) is 6.18 Å². The second-order valence-corrected chi connectivity index (χ2v) is 2.62. The summed E-state index contributed by atoms with van der Waals surface area (Å²) in [6.45, 7) is 2.39. The maximum Gasteiger partial charge on any atom is 0.433 e. The monoisotopic (exact) mass is 192 g/mol. The highest BCUT2D eigenvalue weighted by molar-refractivity contribution is 5.18. The van der Waals surface area contributed by atoms with E-state index in [9.17, 15) is 18.0 Å². The number of nitrogens with zero attached hydrogens (tertiary/aromatic N) is 1. The molecule has 3 nitrogen and oxygen atoms in total. The molecule has 1 aromatic rings. The van der Waals surface area contributed by atoms with E-state index in [-0.39, 0.29) is 5.82 Å². The fourth-order valence-electron chi connectivity index (χ4n) is 0.921. The summed E-state index contributed by atoms with van der Waals surface area (Å²) >= 11 is 0. The van der Waals surface area contributed by atoms with Gasteiger partial charge in [-0.15, -0.1) is 0 Å². The van der Waals surface area contributed by atoms with Crippen LogP contribution in [0.3, 0.4) is 0 Å². The summed E-state index contributed by atoms with van der Waals surface area (Å²) in [5.74, 6) is -0.0390. The quantitative estimate of drug-likeness (QED) is 0.675. The van der Waals surface area contributed by atoms with Crippen molar-refractivity contribution in [1.29, 1.82) is 0 Å². The predicted octanol–water partition coefficient (Wildman–Crippen LogP) is 1.41. The Bertz CT molecular complexity index is 380. The van der Waals surface area contributed by atoms with Gasteiger partial charge in [-0.25, -0.2) is 4.98 Å². The molecule has 0 aliphatic heterocycles. The van der Waals surface area contributed by atoms with Crippen LogP contribution in [0.15, 0.2) is 4.79 Å². The van der Waals surface area contributed by atoms with Gasteiger partial charge in [-0.3, -0.25) is 4.79 Å². The van der Waals surface area contributed by atoms with Crippen LogP contribution in [0.5, 0.6) is 0 Å². The van der Waals surface area contributed by atoms with Crippen molar-refractivity contribution in [3.05, 3.63) is 27.4 Å². The smallest absolute Gasteiger partial charge is 0.311 e. The minimum Gasteiger partial charge on any atom is -0.311 e. The van der Waals surface area contributed by atoms with Gasteiger partial charge in [-0.05, 0) is 13.8 Å². The van der Waals surface area contributed by atoms with Gasteiger partial charge in [0.05, 0.1) is 0 Å². The highest BCUT2D eigenvalue weighted by Gasteiger charge is 2.35. The Kier molecular flexibility index (Phi) is 2.15. The lowest BCUT2D eigenvalue weighted by Crippen LogP contribution is -2.21. The molecule has 0 saturated carbocycles. The molecule has 0 aromatic carbocycles. The van der Waals surface area contributed by atoms with E-state index in [0.717, 1.165) is 6.92 Å². The number of alkyl halides is 3. The number of halogens is 3. The first-order chi connectivity index (χ1) is 5.82. The number of hydrogen-bond donors (Lipinski definition) is 1. The molecule has 1 heterocycles. The standard InChI is InChI=1S/C7H7F3N2O/c1-3-5(7(8,9)10)11-4(2)12-6(3)13/h1-2H3,(H,11,12,13). The van der Waals surface area contributed by atoms with Gasteiger partial charge in [-0.1, -0.05) is 0 Å². The average molecular weight is 192 g/mol. The Morgan fingerprint density at radius 3 is 2.31 bits per heavy atom. The van der Waals surface area contributed by atoms with E-state index < -0.39 is 23.0 Å². The van der Waals surface area contributed by atoms with Crippen LogP contribution < -0.4 is 5.56 Å². The Balaban J connectivity index is 3.46. The number of hydrogen-bond acceptors (Lipinski definition) is 2. The van der Waals surface area contributed by atoms with Gasteiger partial charge in [0.1, 0.15) is 5.82 Å². The highest BCUT2D eigenvalue weighted by Crippen LogP contribution is 2.28. The third kappa shape index (κ3) is 1.88. The van der Waals surface area contributed by atoms with Crippen LogP contribution >= 0.6 is 0 Å². The first-order valence-corrected chi connectivity index (χ1v) is 3.47. The molecular formula is C7H7F3N2O. The molecular weight excluding hydrogens is 185 g/mol. The summed E-state index contributed by atoms with van der Waals surface area (Å²) in [5, 5.41) is 0. The summed E-state index contributed by atoms with van der Waals surface area (Å²) in [6, 6.07) is 0. The summed E-state index contributed by atoms with van der Waals surface area (Å²) < 4.78 is 36.6. The zero-order valence-electron chi connectivity index (χ0n) is 6.99. The van der Waals surface area contributed by atoms with E-state index in [1.54, 1.807) is 0 Å². The minimum absolute atomic E-state index is 0.0390. The second kappa shape index (κ2) is 2.86. The minimum atomic E-state index is -4.57. The van der Waals surface area contributed by atoms with Crippen molar-refractivity contribution < 1.29 is 13.2 Å². The molecule has 1 N–H and O–H groups in total. The maximum atomic E-state index is 12.2. The molecule has 0 unspecified atom stereocenters. The third-order valence-electron chi connectivity index (χ3n) is 1.54. The summed E-state index contributed by atoms with van der Waals surface area (Å²) in [4.78, 5) is 16.3. The molecule has 0 fully saturated rings. The van der Waals surface area contributed by atoms with Crippen molar-refractivity contribution in [2.24, 2.45) is 0 Å². The van der Waals surface area contributed by atoms with Gasteiger partial charge in [0.2, 0.25) is 0 Å². The molecule has 0 saturated heterocycles. The Morgan fingerprint density at radius 1 is 1.31 bits per heavy atom. The lowest BCUT2D eigenvalue weighted by atomic mass is 10.2. The first-order valence-electron chi connectivity index (χ1n) is 3.47. The number of aryl methyl sites for hydroxylation is 1. The van der Waals surface area contributed by atoms with Crippen LogP contribution in [0.2, 0.25) is 0 Å². The maximum absolute atomic E-state index is 12.2. The summed E-state index contributed by atoms with van der Waals surface area (Å²) in [5.41, 5.74) is -2.27. The normalized spacial score (nSPS) is 11.8.